The number of benzene rings is 1. The van der Waals surface area contributed by atoms with E-state index in [-0.39, 0.29) is 0 Å². The molecule has 0 saturated heterocycles. The van der Waals surface area contributed by atoms with Crippen molar-refractivity contribution in [3.63, 3.8) is 0 Å². The Morgan fingerprint density at radius 2 is 2.17 bits per heavy atom. The molecule has 3 heteroatoms. The lowest BCUT2D eigenvalue weighted by Gasteiger charge is -1.99. The van der Waals surface area contributed by atoms with Gasteiger partial charge in [0.1, 0.15) is 0 Å². The van der Waals surface area contributed by atoms with Crippen LogP contribution in [-0.2, 0) is 0 Å². The molecule has 0 radical (unpaired) electrons. The second-order valence-electron chi connectivity index (χ2n) is 4.09. The molecule has 0 saturated carbocycles. The summed E-state index contributed by atoms with van der Waals surface area (Å²) in [5.74, 6) is 1.66. The summed E-state index contributed by atoms with van der Waals surface area (Å²) < 4.78 is 10.6. The largest absolute Gasteiger partial charge is 0.454 e. The second kappa shape index (κ2) is 6.64. The van der Waals surface area contributed by atoms with Crippen molar-refractivity contribution >= 4 is 22.0 Å². The number of rotatable bonds is 5. The van der Waals surface area contributed by atoms with Gasteiger partial charge in [-0.1, -0.05) is 52.7 Å². The van der Waals surface area contributed by atoms with Crippen LogP contribution in [0.1, 0.15) is 25.3 Å². The third kappa shape index (κ3) is 3.39. The van der Waals surface area contributed by atoms with E-state index in [1.165, 1.54) is 5.57 Å². The van der Waals surface area contributed by atoms with Crippen molar-refractivity contribution < 1.29 is 9.47 Å². The molecule has 1 aromatic carbocycles. The summed E-state index contributed by atoms with van der Waals surface area (Å²) in [5, 5.41) is 1.02. The number of alkyl halides is 1. The standard InChI is InChI=1S/C15H17BrO2/c1-2-12(8-9-16)4-3-5-13-6-7-14-15(10-13)18-11-17-14/h3-7,10H,2,8-9,11H2,1H3. The van der Waals surface area contributed by atoms with E-state index in [1.54, 1.807) is 0 Å². The zero-order valence-corrected chi connectivity index (χ0v) is 12.1. The first kappa shape index (κ1) is 13.2. The Hall–Kier alpha value is -1.22. The average molecular weight is 309 g/mol. The van der Waals surface area contributed by atoms with Gasteiger partial charge in [-0.15, -0.1) is 0 Å². The van der Waals surface area contributed by atoms with Crippen LogP contribution in [0, 0.1) is 0 Å². The molecule has 0 fully saturated rings. The Bertz CT molecular complexity index is 464. The highest BCUT2D eigenvalue weighted by Gasteiger charge is 2.11. The fourth-order valence-electron chi connectivity index (χ4n) is 1.81. The normalized spacial score (nSPS) is 14.4. The van der Waals surface area contributed by atoms with Gasteiger partial charge in [0.25, 0.3) is 0 Å². The molecule has 0 bridgehead atoms. The highest BCUT2D eigenvalue weighted by molar-refractivity contribution is 9.09. The van der Waals surface area contributed by atoms with E-state index in [1.807, 2.05) is 18.2 Å². The maximum absolute atomic E-state index is 5.35. The van der Waals surface area contributed by atoms with Crippen LogP contribution in [0.15, 0.2) is 35.9 Å². The third-order valence-corrected chi connectivity index (χ3v) is 3.28. The van der Waals surface area contributed by atoms with Crippen molar-refractivity contribution in [2.24, 2.45) is 0 Å². The first-order valence-corrected chi connectivity index (χ1v) is 7.27. The quantitative estimate of drug-likeness (QED) is 0.587. The van der Waals surface area contributed by atoms with Gasteiger partial charge >= 0.3 is 0 Å². The maximum atomic E-state index is 5.35. The van der Waals surface area contributed by atoms with Gasteiger partial charge in [-0.3, -0.25) is 0 Å². The zero-order valence-electron chi connectivity index (χ0n) is 10.5. The molecule has 2 rings (SSSR count). The summed E-state index contributed by atoms with van der Waals surface area (Å²) in [6, 6.07) is 5.99. The smallest absolute Gasteiger partial charge is 0.231 e. The number of allylic oxidation sites excluding steroid dienone is 3. The molecule has 2 nitrogen and oxygen atoms in total. The zero-order chi connectivity index (χ0) is 12.8. The van der Waals surface area contributed by atoms with Crippen LogP contribution < -0.4 is 9.47 Å². The Labute approximate surface area is 116 Å². The van der Waals surface area contributed by atoms with Gasteiger partial charge in [0.05, 0.1) is 0 Å². The molecule has 1 aromatic rings. The summed E-state index contributed by atoms with van der Waals surface area (Å²) >= 11 is 3.47. The Morgan fingerprint density at radius 1 is 1.33 bits per heavy atom. The van der Waals surface area contributed by atoms with Crippen LogP contribution in [0.4, 0.5) is 0 Å². The van der Waals surface area contributed by atoms with E-state index in [9.17, 15) is 0 Å². The molecule has 1 aliphatic rings. The molecule has 0 unspecified atom stereocenters. The van der Waals surface area contributed by atoms with Gasteiger partial charge in [-0.25, -0.2) is 0 Å². The van der Waals surface area contributed by atoms with Gasteiger partial charge in [0.2, 0.25) is 6.79 Å². The van der Waals surface area contributed by atoms with Crippen LogP contribution >= 0.6 is 15.9 Å². The first-order valence-electron chi connectivity index (χ1n) is 6.15. The lowest BCUT2D eigenvalue weighted by molar-refractivity contribution is 0.174. The van der Waals surface area contributed by atoms with E-state index in [4.69, 9.17) is 9.47 Å². The van der Waals surface area contributed by atoms with Crippen LogP contribution in [-0.4, -0.2) is 12.1 Å². The minimum absolute atomic E-state index is 0.327. The lowest BCUT2D eigenvalue weighted by atomic mass is 10.1. The Morgan fingerprint density at radius 3 is 2.94 bits per heavy atom. The van der Waals surface area contributed by atoms with Crippen molar-refractivity contribution in [1.29, 1.82) is 0 Å². The highest BCUT2D eigenvalue weighted by Crippen LogP contribution is 2.32. The van der Waals surface area contributed by atoms with Gasteiger partial charge in [0.15, 0.2) is 11.5 Å². The molecule has 1 aliphatic heterocycles. The SMILES string of the molecule is CCC(=CC=Cc1ccc2c(c1)OCO2)CCBr. The van der Waals surface area contributed by atoms with Crippen molar-refractivity contribution in [1.82, 2.24) is 0 Å². The summed E-state index contributed by atoms with van der Waals surface area (Å²) in [5.41, 5.74) is 2.58. The van der Waals surface area contributed by atoms with Crippen molar-refractivity contribution in [3.8, 4) is 11.5 Å². The van der Waals surface area contributed by atoms with Crippen LogP contribution in [0.25, 0.3) is 6.08 Å². The first-order chi connectivity index (χ1) is 8.83. The van der Waals surface area contributed by atoms with Gasteiger partial charge < -0.3 is 9.47 Å². The van der Waals surface area contributed by atoms with E-state index in [0.29, 0.717) is 6.79 Å². The summed E-state index contributed by atoms with van der Waals surface area (Å²) in [7, 11) is 0. The molecule has 0 aliphatic carbocycles. The van der Waals surface area contributed by atoms with Crippen LogP contribution in [0.3, 0.4) is 0 Å². The van der Waals surface area contributed by atoms with Crippen LogP contribution in [0.5, 0.6) is 11.5 Å². The predicted molar refractivity (Wildman–Crippen MR) is 78.4 cm³/mol. The fourth-order valence-corrected chi connectivity index (χ4v) is 2.32. The molecular weight excluding hydrogens is 292 g/mol. The molecule has 96 valence electrons. The van der Waals surface area contributed by atoms with Crippen molar-refractivity contribution in [2.75, 3.05) is 12.1 Å². The molecule has 0 amide bonds. The summed E-state index contributed by atoms with van der Waals surface area (Å²) in [6.07, 6.45) is 8.57. The topological polar surface area (TPSA) is 18.5 Å². The molecule has 0 aromatic heterocycles. The number of halogens is 1. The van der Waals surface area contributed by atoms with Gasteiger partial charge in [-0.05, 0) is 30.5 Å². The predicted octanol–water partition coefficient (Wildman–Crippen LogP) is 4.55. The maximum Gasteiger partial charge on any atom is 0.231 e. The van der Waals surface area contributed by atoms with Crippen molar-refractivity contribution in [3.05, 3.63) is 41.5 Å². The second-order valence-corrected chi connectivity index (χ2v) is 4.88. The highest BCUT2D eigenvalue weighted by atomic mass is 79.9. The molecular formula is C15H17BrO2. The minimum Gasteiger partial charge on any atom is -0.454 e. The molecule has 0 atom stereocenters. The van der Waals surface area contributed by atoms with Crippen LogP contribution in [0.2, 0.25) is 0 Å². The number of hydrogen-bond acceptors (Lipinski definition) is 2. The number of ether oxygens (including phenoxy) is 2. The van der Waals surface area contributed by atoms with E-state index < -0.39 is 0 Å². The van der Waals surface area contributed by atoms with E-state index in [0.717, 1.165) is 35.2 Å². The molecule has 1 heterocycles. The molecule has 0 spiro atoms. The minimum atomic E-state index is 0.327. The van der Waals surface area contributed by atoms with Gasteiger partial charge in [-0.2, -0.15) is 0 Å². The number of hydrogen-bond donors (Lipinski definition) is 0. The molecule has 18 heavy (non-hydrogen) atoms. The Balaban J connectivity index is 2.05. The van der Waals surface area contributed by atoms with Crippen molar-refractivity contribution in [2.45, 2.75) is 19.8 Å². The lowest BCUT2D eigenvalue weighted by Crippen LogP contribution is -1.92. The fraction of sp³-hybridized carbons (Fsp3) is 0.333. The Kier molecular flexibility index (Phi) is 4.88. The van der Waals surface area contributed by atoms with E-state index >= 15 is 0 Å². The monoisotopic (exact) mass is 308 g/mol. The van der Waals surface area contributed by atoms with Gasteiger partial charge in [0, 0.05) is 5.33 Å². The van der Waals surface area contributed by atoms with E-state index in [2.05, 4.69) is 41.1 Å². The summed E-state index contributed by atoms with van der Waals surface area (Å²) in [6.45, 7) is 2.51. The summed E-state index contributed by atoms with van der Waals surface area (Å²) in [4.78, 5) is 0. The molecule has 0 N–H and O–H groups in total. The third-order valence-electron chi connectivity index (χ3n) is 2.89. The average Bonchev–Trinajstić information content (AvgIpc) is 2.85. The number of fused-ring (bicyclic) bond motifs is 1.